The van der Waals surface area contributed by atoms with Crippen molar-refractivity contribution < 1.29 is 0 Å². The molecule has 0 saturated heterocycles. The van der Waals surface area contributed by atoms with E-state index in [1.54, 1.807) is 0 Å². The highest BCUT2D eigenvalue weighted by Gasteiger charge is 2.03. The zero-order valence-corrected chi connectivity index (χ0v) is 8.67. The lowest BCUT2D eigenvalue weighted by atomic mass is 9.94. The van der Waals surface area contributed by atoms with Gasteiger partial charge in [0.05, 0.1) is 0 Å². The molecular weight excluding hydrogens is 156 g/mol. The van der Waals surface area contributed by atoms with Gasteiger partial charge in [0.25, 0.3) is 0 Å². The van der Waals surface area contributed by atoms with Crippen LogP contribution in [-0.2, 0) is 0 Å². The van der Waals surface area contributed by atoms with E-state index in [-0.39, 0.29) is 0 Å². The van der Waals surface area contributed by atoms with Gasteiger partial charge in [-0.05, 0) is 38.0 Å². The molecule has 0 aromatic rings. The van der Waals surface area contributed by atoms with E-state index in [4.69, 9.17) is 0 Å². The minimum atomic E-state index is 0.764. The molecule has 0 heteroatoms. The minimum absolute atomic E-state index is 0.764. The van der Waals surface area contributed by atoms with Crippen LogP contribution >= 0.6 is 0 Å². The van der Waals surface area contributed by atoms with Crippen molar-refractivity contribution >= 4 is 0 Å². The molecule has 0 N–H and O–H groups in total. The van der Waals surface area contributed by atoms with E-state index in [0.717, 1.165) is 25.2 Å². The molecule has 0 aromatic heterocycles. The number of rotatable bonds is 9. The van der Waals surface area contributed by atoms with Gasteiger partial charge < -0.3 is 0 Å². The fourth-order valence-electron chi connectivity index (χ4n) is 1.53. The summed E-state index contributed by atoms with van der Waals surface area (Å²) in [6, 6.07) is 0. The summed E-state index contributed by atoms with van der Waals surface area (Å²) >= 11 is 0. The second-order valence-electron chi connectivity index (χ2n) is 3.49. The number of hydrogen-bond acceptors (Lipinski definition) is 0. The topological polar surface area (TPSA) is 0 Å². The van der Waals surface area contributed by atoms with Crippen molar-refractivity contribution in [2.45, 2.75) is 38.5 Å². The zero-order valence-electron chi connectivity index (χ0n) is 8.67. The number of hydrogen-bond donors (Lipinski definition) is 0. The van der Waals surface area contributed by atoms with Gasteiger partial charge >= 0.3 is 0 Å². The molecule has 0 bridgehead atoms. The Morgan fingerprint density at radius 3 is 1.92 bits per heavy atom. The van der Waals surface area contributed by atoms with E-state index < -0.39 is 0 Å². The minimum Gasteiger partial charge on any atom is -0.103 e. The Morgan fingerprint density at radius 2 is 1.46 bits per heavy atom. The van der Waals surface area contributed by atoms with Gasteiger partial charge in [0.1, 0.15) is 0 Å². The normalized spacial score (nSPS) is 9.92. The summed E-state index contributed by atoms with van der Waals surface area (Å²) < 4.78 is 0. The van der Waals surface area contributed by atoms with Gasteiger partial charge in [0.2, 0.25) is 0 Å². The van der Waals surface area contributed by atoms with Gasteiger partial charge in [-0.15, -0.1) is 19.7 Å². The third kappa shape index (κ3) is 7.58. The molecule has 0 unspecified atom stereocenters. The molecule has 0 aliphatic heterocycles. The second-order valence-corrected chi connectivity index (χ2v) is 3.49. The number of unbranched alkanes of at least 4 members (excludes halogenated alkanes) is 2. The maximum Gasteiger partial charge on any atom is -0.0322 e. The second kappa shape index (κ2) is 9.31. The highest BCUT2D eigenvalue weighted by Crippen LogP contribution is 2.18. The van der Waals surface area contributed by atoms with E-state index in [0.29, 0.717) is 0 Å². The van der Waals surface area contributed by atoms with Crippen LogP contribution in [-0.4, -0.2) is 0 Å². The molecule has 0 aromatic carbocycles. The molecule has 0 amide bonds. The Kier molecular flexibility index (Phi) is 8.75. The Labute approximate surface area is 83.0 Å². The third-order valence-electron chi connectivity index (χ3n) is 2.27. The lowest BCUT2D eigenvalue weighted by Crippen LogP contribution is -1.97. The predicted molar refractivity (Wildman–Crippen MR) is 61.8 cm³/mol. The summed E-state index contributed by atoms with van der Waals surface area (Å²) in [6.45, 7) is 11.3. The zero-order chi connectivity index (χ0) is 9.94. The standard InChI is InChI=1S/C13H22/c1-4-7-8-9-12-13(10-5-2)11-6-3/h4-6,13H,1-3,7-12H2. The molecule has 0 radical (unpaired) electrons. The van der Waals surface area contributed by atoms with Gasteiger partial charge in [0.15, 0.2) is 0 Å². The van der Waals surface area contributed by atoms with Crippen molar-refractivity contribution in [3.05, 3.63) is 38.0 Å². The Balaban J connectivity index is 3.48. The Morgan fingerprint density at radius 1 is 0.846 bits per heavy atom. The quantitative estimate of drug-likeness (QED) is 0.360. The molecule has 0 aliphatic rings. The molecular formula is C13H22. The van der Waals surface area contributed by atoms with E-state index in [9.17, 15) is 0 Å². The first-order valence-electron chi connectivity index (χ1n) is 5.17. The molecule has 0 fully saturated rings. The molecule has 13 heavy (non-hydrogen) atoms. The van der Waals surface area contributed by atoms with Gasteiger partial charge in [-0.25, -0.2) is 0 Å². The van der Waals surface area contributed by atoms with Crippen LogP contribution in [0.4, 0.5) is 0 Å². The van der Waals surface area contributed by atoms with Gasteiger partial charge in [-0.3, -0.25) is 0 Å². The van der Waals surface area contributed by atoms with Gasteiger partial charge in [-0.2, -0.15) is 0 Å². The monoisotopic (exact) mass is 178 g/mol. The van der Waals surface area contributed by atoms with E-state index in [1.807, 2.05) is 18.2 Å². The van der Waals surface area contributed by atoms with E-state index in [1.165, 1.54) is 19.3 Å². The van der Waals surface area contributed by atoms with Gasteiger partial charge in [-0.1, -0.05) is 24.6 Å². The maximum atomic E-state index is 3.78. The maximum absolute atomic E-state index is 3.78. The summed E-state index contributed by atoms with van der Waals surface area (Å²) in [5, 5.41) is 0. The first-order chi connectivity index (χ1) is 6.35. The van der Waals surface area contributed by atoms with Crippen LogP contribution in [0.1, 0.15) is 38.5 Å². The molecule has 0 heterocycles. The Bertz CT molecular complexity index is 134. The van der Waals surface area contributed by atoms with Crippen LogP contribution in [0.5, 0.6) is 0 Å². The molecule has 0 saturated carbocycles. The summed E-state index contributed by atoms with van der Waals surface area (Å²) in [5.41, 5.74) is 0. The molecule has 74 valence electrons. The van der Waals surface area contributed by atoms with E-state index >= 15 is 0 Å². The largest absolute Gasteiger partial charge is 0.103 e. The van der Waals surface area contributed by atoms with Crippen molar-refractivity contribution in [2.24, 2.45) is 5.92 Å². The lowest BCUT2D eigenvalue weighted by Gasteiger charge is -2.11. The van der Waals surface area contributed by atoms with Crippen molar-refractivity contribution in [1.29, 1.82) is 0 Å². The first kappa shape index (κ1) is 12.2. The van der Waals surface area contributed by atoms with Crippen LogP contribution in [0, 0.1) is 5.92 Å². The van der Waals surface area contributed by atoms with Crippen molar-refractivity contribution in [1.82, 2.24) is 0 Å². The predicted octanol–water partition coefficient (Wildman–Crippen LogP) is 4.50. The van der Waals surface area contributed by atoms with Crippen LogP contribution in [0.15, 0.2) is 38.0 Å². The van der Waals surface area contributed by atoms with E-state index in [2.05, 4.69) is 19.7 Å². The highest BCUT2D eigenvalue weighted by molar-refractivity contribution is 4.79. The van der Waals surface area contributed by atoms with Crippen LogP contribution in [0.25, 0.3) is 0 Å². The molecule has 0 aliphatic carbocycles. The SMILES string of the molecule is C=CCCCCC(CC=C)CC=C. The van der Waals surface area contributed by atoms with Crippen molar-refractivity contribution in [3.8, 4) is 0 Å². The smallest absolute Gasteiger partial charge is 0.0322 e. The summed E-state index contributed by atoms with van der Waals surface area (Å²) in [6.07, 6.45) is 13.3. The average molecular weight is 178 g/mol. The van der Waals surface area contributed by atoms with Crippen molar-refractivity contribution in [2.75, 3.05) is 0 Å². The Hall–Kier alpha value is -0.780. The summed E-state index contributed by atoms with van der Waals surface area (Å²) in [4.78, 5) is 0. The fourth-order valence-corrected chi connectivity index (χ4v) is 1.53. The summed E-state index contributed by atoms with van der Waals surface area (Å²) in [7, 11) is 0. The lowest BCUT2D eigenvalue weighted by molar-refractivity contribution is 0.471. The van der Waals surface area contributed by atoms with Crippen LogP contribution in [0.2, 0.25) is 0 Å². The van der Waals surface area contributed by atoms with Gasteiger partial charge in [0, 0.05) is 0 Å². The molecule has 0 atom stereocenters. The average Bonchev–Trinajstić information content (AvgIpc) is 2.13. The number of allylic oxidation sites excluding steroid dienone is 3. The van der Waals surface area contributed by atoms with Crippen LogP contribution in [0.3, 0.4) is 0 Å². The van der Waals surface area contributed by atoms with Crippen LogP contribution < -0.4 is 0 Å². The molecule has 0 spiro atoms. The third-order valence-corrected chi connectivity index (χ3v) is 2.27. The van der Waals surface area contributed by atoms with Crippen molar-refractivity contribution in [3.63, 3.8) is 0 Å². The summed E-state index contributed by atoms with van der Waals surface area (Å²) in [5.74, 6) is 0.764. The highest BCUT2D eigenvalue weighted by atomic mass is 14.1. The first-order valence-corrected chi connectivity index (χ1v) is 5.17. The fraction of sp³-hybridized carbons (Fsp3) is 0.538. The molecule has 0 rings (SSSR count). The molecule has 0 nitrogen and oxygen atoms in total.